The number of rotatable bonds is 6. The number of aromatic nitrogens is 2. The number of hydrogen-bond donors (Lipinski definition) is 0. The SMILES string of the molecule is Cc1cnc(CN(C)C[C@@H]2CCN(Cc3ccccc3)C2)cn1. The van der Waals surface area contributed by atoms with Crippen molar-refractivity contribution < 1.29 is 0 Å². The second kappa shape index (κ2) is 7.66. The molecule has 0 unspecified atom stereocenters. The van der Waals surface area contributed by atoms with Crippen LogP contribution < -0.4 is 0 Å². The Morgan fingerprint density at radius 3 is 2.74 bits per heavy atom. The van der Waals surface area contributed by atoms with Gasteiger partial charge < -0.3 is 4.90 Å². The molecule has 3 rings (SSSR count). The fourth-order valence-corrected chi connectivity index (χ4v) is 3.33. The minimum Gasteiger partial charge on any atom is -0.300 e. The van der Waals surface area contributed by atoms with Crippen LogP contribution in [0.25, 0.3) is 0 Å². The van der Waals surface area contributed by atoms with E-state index in [1.165, 1.54) is 25.1 Å². The van der Waals surface area contributed by atoms with Crippen molar-refractivity contribution in [1.82, 2.24) is 19.8 Å². The zero-order valence-corrected chi connectivity index (χ0v) is 14.2. The van der Waals surface area contributed by atoms with Crippen molar-refractivity contribution in [2.45, 2.75) is 26.4 Å². The molecule has 4 nitrogen and oxygen atoms in total. The van der Waals surface area contributed by atoms with Crippen molar-refractivity contribution in [2.24, 2.45) is 5.92 Å². The lowest BCUT2D eigenvalue weighted by atomic mass is 10.1. The van der Waals surface area contributed by atoms with Crippen molar-refractivity contribution in [3.63, 3.8) is 0 Å². The number of aryl methyl sites for hydroxylation is 1. The molecule has 4 heteroatoms. The Bertz CT molecular complexity index is 597. The highest BCUT2D eigenvalue weighted by atomic mass is 15.2. The molecule has 0 amide bonds. The molecule has 1 fully saturated rings. The van der Waals surface area contributed by atoms with E-state index >= 15 is 0 Å². The molecule has 1 aliphatic heterocycles. The van der Waals surface area contributed by atoms with Crippen molar-refractivity contribution in [2.75, 3.05) is 26.7 Å². The first-order chi connectivity index (χ1) is 11.2. The van der Waals surface area contributed by atoms with Gasteiger partial charge in [0, 0.05) is 38.6 Å². The van der Waals surface area contributed by atoms with Crippen LogP contribution in [0.4, 0.5) is 0 Å². The van der Waals surface area contributed by atoms with Gasteiger partial charge in [0.25, 0.3) is 0 Å². The summed E-state index contributed by atoms with van der Waals surface area (Å²) in [5, 5.41) is 0. The summed E-state index contributed by atoms with van der Waals surface area (Å²) in [6.07, 6.45) is 5.03. The summed E-state index contributed by atoms with van der Waals surface area (Å²) >= 11 is 0. The third-order valence-electron chi connectivity index (χ3n) is 4.46. The van der Waals surface area contributed by atoms with Gasteiger partial charge >= 0.3 is 0 Å². The van der Waals surface area contributed by atoms with E-state index in [1.54, 1.807) is 0 Å². The van der Waals surface area contributed by atoms with E-state index in [2.05, 4.69) is 57.1 Å². The molecular formula is C19H26N4. The quantitative estimate of drug-likeness (QED) is 0.821. The summed E-state index contributed by atoms with van der Waals surface area (Å²) < 4.78 is 0. The molecule has 23 heavy (non-hydrogen) atoms. The minimum absolute atomic E-state index is 0.752. The number of nitrogens with zero attached hydrogens (tertiary/aromatic N) is 4. The Labute approximate surface area is 139 Å². The van der Waals surface area contributed by atoms with Gasteiger partial charge in [0.2, 0.25) is 0 Å². The van der Waals surface area contributed by atoms with Gasteiger partial charge in [-0.25, -0.2) is 0 Å². The van der Waals surface area contributed by atoms with Crippen LogP contribution in [0.3, 0.4) is 0 Å². The van der Waals surface area contributed by atoms with Gasteiger partial charge in [0.1, 0.15) is 0 Å². The first-order valence-electron chi connectivity index (χ1n) is 8.41. The summed E-state index contributed by atoms with van der Waals surface area (Å²) in [5.41, 5.74) is 3.44. The van der Waals surface area contributed by atoms with Gasteiger partial charge in [-0.3, -0.25) is 14.9 Å². The van der Waals surface area contributed by atoms with Crippen molar-refractivity contribution >= 4 is 0 Å². The van der Waals surface area contributed by atoms with E-state index in [0.29, 0.717) is 0 Å². The second-order valence-electron chi connectivity index (χ2n) is 6.72. The molecule has 0 radical (unpaired) electrons. The van der Waals surface area contributed by atoms with E-state index in [1.807, 2.05) is 19.3 Å². The summed E-state index contributed by atoms with van der Waals surface area (Å²) in [7, 11) is 2.18. The largest absolute Gasteiger partial charge is 0.300 e. The molecule has 122 valence electrons. The molecule has 0 bridgehead atoms. The summed E-state index contributed by atoms with van der Waals surface area (Å²) in [4.78, 5) is 13.7. The lowest BCUT2D eigenvalue weighted by Crippen LogP contribution is -2.28. The monoisotopic (exact) mass is 310 g/mol. The van der Waals surface area contributed by atoms with Crippen molar-refractivity contribution in [3.05, 3.63) is 59.7 Å². The average molecular weight is 310 g/mol. The second-order valence-corrected chi connectivity index (χ2v) is 6.72. The lowest BCUT2D eigenvalue weighted by molar-refractivity contribution is 0.252. The minimum atomic E-state index is 0.752. The van der Waals surface area contributed by atoms with Gasteiger partial charge in [0.05, 0.1) is 11.4 Å². The highest BCUT2D eigenvalue weighted by Gasteiger charge is 2.23. The predicted molar refractivity (Wildman–Crippen MR) is 92.9 cm³/mol. The smallest absolute Gasteiger partial charge is 0.0726 e. The fourth-order valence-electron chi connectivity index (χ4n) is 3.33. The number of benzene rings is 1. The van der Waals surface area contributed by atoms with Crippen LogP contribution in [0, 0.1) is 12.8 Å². The Morgan fingerprint density at radius 1 is 1.17 bits per heavy atom. The molecule has 1 saturated heterocycles. The van der Waals surface area contributed by atoms with E-state index in [9.17, 15) is 0 Å². The zero-order valence-electron chi connectivity index (χ0n) is 14.2. The molecule has 1 aromatic heterocycles. The van der Waals surface area contributed by atoms with Crippen molar-refractivity contribution in [3.8, 4) is 0 Å². The summed E-state index contributed by atoms with van der Waals surface area (Å²) in [5.74, 6) is 0.752. The molecule has 0 spiro atoms. The maximum Gasteiger partial charge on any atom is 0.0726 e. The molecular weight excluding hydrogens is 284 g/mol. The van der Waals surface area contributed by atoms with Crippen LogP contribution in [0.5, 0.6) is 0 Å². The molecule has 1 atom stereocenters. The van der Waals surface area contributed by atoms with Crippen LogP contribution in [0.1, 0.15) is 23.4 Å². The van der Waals surface area contributed by atoms with Gasteiger partial charge in [-0.15, -0.1) is 0 Å². The summed E-state index contributed by atoms with van der Waals surface area (Å²) in [6, 6.07) is 10.8. The first-order valence-corrected chi connectivity index (χ1v) is 8.41. The lowest BCUT2D eigenvalue weighted by Gasteiger charge is -2.21. The molecule has 0 N–H and O–H groups in total. The van der Waals surface area contributed by atoms with Gasteiger partial charge in [0.15, 0.2) is 0 Å². The van der Waals surface area contributed by atoms with Crippen LogP contribution in [0.2, 0.25) is 0 Å². The van der Waals surface area contributed by atoms with Gasteiger partial charge in [-0.2, -0.15) is 0 Å². The molecule has 1 aliphatic rings. The molecule has 1 aromatic carbocycles. The third kappa shape index (κ3) is 4.85. The Kier molecular flexibility index (Phi) is 5.36. The molecule has 2 heterocycles. The molecule has 0 aliphatic carbocycles. The fraction of sp³-hybridized carbons (Fsp3) is 0.474. The molecule has 2 aromatic rings. The third-order valence-corrected chi connectivity index (χ3v) is 4.46. The van der Waals surface area contributed by atoms with E-state index < -0.39 is 0 Å². The average Bonchev–Trinajstić information content (AvgIpc) is 2.97. The topological polar surface area (TPSA) is 32.3 Å². The maximum atomic E-state index is 4.45. The maximum absolute atomic E-state index is 4.45. The highest BCUT2D eigenvalue weighted by molar-refractivity contribution is 5.14. The Morgan fingerprint density at radius 2 is 2.00 bits per heavy atom. The van der Waals surface area contributed by atoms with Gasteiger partial charge in [-0.05, 0) is 38.4 Å². The number of likely N-dealkylation sites (tertiary alicyclic amines) is 1. The van der Waals surface area contributed by atoms with Crippen LogP contribution in [0.15, 0.2) is 42.7 Å². The normalized spacial score (nSPS) is 18.7. The van der Waals surface area contributed by atoms with E-state index in [0.717, 1.165) is 36.9 Å². The van der Waals surface area contributed by atoms with E-state index in [4.69, 9.17) is 0 Å². The predicted octanol–water partition coefficient (Wildman–Crippen LogP) is 2.74. The standard InChI is InChI=1S/C19H26N4/c1-16-10-21-19(11-20-16)15-22(2)12-18-8-9-23(14-18)13-17-6-4-3-5-7-17/h3-7,10-11,18H,8-9,12-15H2,1-2H3/t18-/m0/s1. The van der Waals surface area contributed by atoms with Gasteiger partial charge in [-0.1, -0.05) is 30.3 Å². The van der Waals surface area contributed by atoms with E-state index in [-0.39, 0.29) is 0 Å². The van der Waals surface area contributed by atoms with Crippen molar-refractivity contribution in [1.29, 1.82) is 0 Å². The zero-order chi connectivity index (χ0) is 16.1. The van der Waals surface area contributed by atoms with Crippen LogP contribution in [-0.4, -0.2) is 46.4 Å². The van der Waals surface area contributed by atoms with Crippen LogP contribution >= 0.6 is 0 Å². The number of hydrogen-bond acceptors (Lipinski definition) is 4. The Hall–Kier alpha value is -1.78. The van der Waals surface area contributed by atoms with Crippen LogP contribution in [-0.2, 0) is 13.1 Å². The highest BCUT2D eigenvalue weighted by Crippen LogP contribution is 2.19. The summed E-state index contributed by atoms with van der Waals surface area (Å²) in [6.45, 7) is 7.45. The first kappa shape index (κ1) is 16.1. The molecule has 0 saturated carbocycles. The Balaban J connectivity index is 1.45.